The molecule has 0 aliphatic carbocycles. The first-order chi connectivity index (χ1) is 22.1. The lowest BCUT2D eigenvalue weighted by Gasteiger charge is -2.40. The third-order valence-corrected chi connectivity index (χ3v) is 10.0. The average molecular weight is 677 g/mol. The highest BCUT2D eigenvalue weighted by molar-refractivity contribution is 6.42. The Kier molecular flexibility index (Phi) is 12.8. The van der Waals surface area contributed by atoms with E-state index in [2.05, 4.69) is 24.5 Å². The van der Waals surface area contributed by atoms with Gasteiger partial charge in [0.25, 0.3) is 0 Å². The van der Waals surface area contributed by atoms with Crippen LogP contribution in [0, 0.1) is 11.7 Å². The molecule has 250 valence electrons. The summed E-state index contributed by atoms with van der Waals surface area (Å²) in [5, 5.41) is 4.85. The molecule has 2 aliphatic heterocycles. The molecule has 4 rings (SSSR count). The normalized spacial score (nSPS) is 18.6. The minimum Gasteiger partial charge on any atom is -0.342 e. The van der Waals surface area contributed by atoms with Crippen molar-refractivity contribution in [3.8, 4) is 0 Å². The summed E-state index contributed by atoms with van der Waals surface area (Å²) in [6.45, 7) is 5.27. The molecule has 9 nitrogen and oxygen atoms in total. The van der Waals surface area contributed by atoms with Crippen LogP contribution < -0.4 is 16.4 Å². The molecule has 12 heteroatoms. The summed E-state index contributed by atoms with van der Waals surface area (Å²) in [5.41, 5.74) is 7.40. The van der Waals surface area contributed by atoms with E-state index < -0.39 is 29.7 Å². The minimum atomic E-state index is -1.11. The highest BCUT2D eigenvalue weighted by Gasteiger charge is 2.37. The lowest BCUT2D eigenvalue weighted by atomic mass is 9.86. The van der Waals surface area contributed by atoms with Gasteiger partial charge in [-0.3, -0.25) is 19.2 Å². The number of nitrogens with zero attached hydrogens (tertiary/aromatic N) is 2. The fourth-order valence-electron chi connectivity index (χ4n) is 6.66. The number of halogens is 3. The second-order valence-corrected chi connectivity index (χ2v) is 12.9. The number of benzene rings is 2. The summed E-state index contributed by atoms with van der Waals surface area (Å²) < 4.78 is 14.6. The second kappa shape index (κ2) is 16.6. The van der Waals surface area contributed by atoms with Gasteiger partial charge in [0.15, 0.2) is 5.82 Å². The Morgan fingerprint density at radius 3 is 2.33 bits per heavy atom. The molecule has 0 bridgehead atoms. The van der Waals surface area contributed by atoms with E-state index in [1.54, 1.807) is 0 Å². The number of likely N-dealkylation sites (tertiary alicyclic amines) is 1. The maximum atomic E-state index is 14.6. The number of fused-ring (bicyclic) bond motifs is 1. The predicted octanol–water partition coefficient (Wildman–Crippen LogP) is 5.46. The van der Waals surface area contributed by atoms with E-state index in [1.807, 2.05) is 29.2 Å². The van der Waals surface area contributed by atoms with Gasteiger partial charge in [0, 0.05) is 38.4 Å². The Labute approximate surface area is 280 Å². The molecule has 0 aromatic heterocycles. The van der Waals surface area contributed by atoms with Crippen LogP contribution in [0.25, 0.3) is 0 Å². The number of amides is 4. The number of carbonyl (C=O) groups excluding carboxylic acids is 4. The third kappa shape index (κ3) is 8.38. The molecule has 2 aromatic rings. The van der Waals surface area contributed by atoms with Crippen LogP contribution in [0.4, 0.5) is 10.1 Å². The Balaban J connectivity index is 1.48. The van der Waals surface area contributed by atoms with Gasteiger partial charge in [0.2, 0.25) is 23.6 Å². The Morgan fingerprint density at radius 2 is 1.65 bits per heavy atom. The van der Waals surface area contributed by atoms with Crippen LogP contribution in [0.1, 0.15) is 76.3 Å². The van der Waals surface area contributed by atoms with Crippen LogP contribution in [0.15, 0.2) is 36.4 Å². The van der Waals surface area contributed by atoms with Gasteiger partial charge in [-0.1, -0.05) is 74.2 Å². The van der Waals surface area contributed by atoms with Crippen molar-refractivity contribution in [2.45, 2.75) is 96.3 Å². The topological polar surface area (TPSA) is 125 Å². The van der Waals surface area contributed by atoms with Crippen LogP contribution >= 0.6 is 23.2 Å². The maximum absolute atomic E-state index is 14.6. The van der Waals surface area contributed by atoms with Gasteiger partial charge in [-0.2, -0.15) is 0 Å². The van der Waals surface area contributed by atoms with E-state index in [4.69, 9.17) is 28.9 Å². The molecule has 4 N–H and O–H groups in total. The molecule has 46 heavy (non-hydrogen) atoms. The number of rotatable bonds is 12. The van der Waals surface area contributed by atoms with E-state index in [0.717, 1.165) is 43.2 Å². The van der Waals surface area contributed by atoms with Crippen molar-refractivity contribution in [1.82, 2.24) is 15.1 Å². The standard InChI is InChI=1S/C34H44Cl2FN5O4/c1-3-21(4-2)27-11-7-8-18-41(27)29(43)14-15-30(44)42-20-23-10-6-5-9-22(23)19-28(42)34(46)40-26(16-17-38)33(45)39-25-13-12-24(35)31(36)32(25)37/h5-6,9-10,12-13,21,26-28H,3-4,7-8,11,14-20,38H2,1-2H3,(H,39,45)(H,40,46)/t26-,27?,28-/m0/s1. The quantitative estimate of drug-likeness (QED) is 0.258. The fraction of sp³-hybridized carbons (Fsp3) is 0.529. The summed E-state index contributed by atoms with van der Waals surface area (Å²) in [5.74, 6) is -2.04. The molecule has 0 radical (unpaired) electrons. The summed E-state index contributed by atoms with van der Waals surface area (Å²) in [6, 6.07) is 8.37. The maximum Gasteiger partial charge on any atom is 0.247 e. The van der Waals surface area contributed by atoms with Gasteiger partial charge in [-0.25, -0.2) is 4.39 Å². The van der Waals surface area contributed by atoms with Crippen LogP contribution in [0.3, 0.4) is 0 Å². The summed E-state index contributed by atoms with van der Waals surface area (Å²) in [7, 11) is 0. The first kappa shape index (κ1) is 35.6. The van der Waals surface area contributed by atoms with Gasteiger partial charge < -0.3 is 26.2 Å². The largest absolute Gasteiger partial charge is 0.342 e. The van der Waals surface area contributed by atoms with Gasteiger partial charge in [-0.15, -0.1) is 0 Å². The zero-order valence-corrected chi connectivity index (χ0v) is 28.0. The molecule has 2 aromatic carbocycles. The SMILES string of the molecule is CCC(CC)C1CCCCN1C(=O)CCC(=O)N1Cc2ccccc2C[C@H]1C(=O)N[C@@H](CCN)C(=O)Nc1ccc(Cl)c(Cl)c1F. The smallest absolute Gasteiger partial charge is 0.247 e. The fourth-order valence-corrected chi connectivity index (χ4v) is 6.97. The van der Waals surface area contributed by atoms with Crippen molar-refractivity contribution in [1.29, 1.82) is 0 Å². The lowest BCUT2D eigenvalue weighted by Crippen LogP contribution is -2.56. The molecule has 0 saturated carbocycles. The number of hydrogen-bond acceptors (Lipinski definition) is 5. The van der Waals surface area contributed by atoms with E-state index in [-0.39, 0.29) is 72.4 Å². The van der Waals surface area contributed by atoms with Crippen molar-refractivity contribution in [2.75, 3.05) is 18.4 Å². The lowest BCUT2D eigenvalue weighted by molar-refractivity contribution is -0.145. The molecule has 1 unspecified atom stereocenters. The Morgan fingerprint density at radius 1 is 0.978 bits per heavy atom. The molecule has 3 atom stereocenters. The van der Waals surface area contributed by atoms with E-state index in [0.29, 0.717) is 12.5 Å². The minimum absolute atomic E-state index is 0.00475. The van der Waals surface area contributed by atoms with E-state index in [9.17, 15) is 23.6 Å². The molecular weight excluding hydrogens is 632 g/mol. The summed E-state index contributed by atoms with van der Waals surface area (Å²) >= 11 is 11.8. The van der Waals surface area contributed by atoms with Crippen molar-refractivity contribution >= 4 is 52.5 Å². The first-order valence-electron chi connectivity index (χ1n) is 16.2. The van der Waals surface area contributed by atoms with E-state index in [1.165, 1.54) is 17.0 Å². The van der Waals surface area contributed by atoms with Gasteiger partial charge in [0.1, 0.15) is 12.1 Å². The predicted molar refractivity (Wildman–Crippen MR) is 178 cm³/mol. The summed E-state index contributed by atoms with van der Waals surface area (Å²) in [4.78, 5) is 57.6. The average Bonchev–Trinajstić information content (AvgIpc) is 3.07. The Hall–Kier alpha value is -3.21. The number of nitrogens with two attached hydrogens (primary N) is 1. The van der Waals surface area contributed by atoms with Gasteiger partial charge >= 0.3 is 0 Å². The number of piperidine rings is 1. The number of nitrogens with one attached hydrogen (secondary N) is 2. The van der Waals surface area contributed by atoms with Crippen LogP contribution in [-0.2, 0) is 32.1 Å². The monoisotopic (exact) mass is 675 g/mol. The van der Waals surface area contributed by atoms with Crippen molar-refractivity contribution in [3.63, 3.8) is 0 Å². The highest BCUT2D eigenvalue weighted by Crippen LogP contribution is 2.31. The summed E-state index contributed by atoms with van der Waals surface area (Å²) in [6.07, 6.45) is 5.37. The number of anilines is 1. The number of hydrogen-bond donors (Lipinski definition) is 3. The van der Waals surface area contributed by atoms with Gasteiger partial charge in [-0.05, 0) is 61.4 Å². The van der Waals surface area contributed by atoms with Crippen molar-refractivity contribution < 1.29 is 23.6 Å². The van der Waals surface area contributed by atoms with Crippen molar-refractivity contribution in [3.05, 3.63) is 63.4 Å². The molecule has 1 saturated heterocycles. The first-order valence-corrected chi connectivity index (χ1v) is 17.0. The third-order valence-electron chi connectivity index (χ3n) is 9.27. The van der Waals surface area contributed by atoms with Gasteiger partial charge in [0.05, 0.1) is 15.7 Å². The van der Waals surface area contributed by atoms with Crippen LogP contribution in [-0.4, -0.2) is 64.6 Å². The molecule has 0 spiro atoms. The molecular formula is C34H44Cl2FN5O4. The molecule has 2 aliphatic rings. The Bertz CT molecular complexity index is 1420. The second-order valence-electron chi connectivity index (χ2n) is 12.1. The van der Waals surface area contributed by atoms with E-state index >= 15 is 0 Å². The van der Waals surface area contributed by atoms with Crippen molar-refractivity contribution in [2.24, 2.45) is 11.7 Å². The van der Waals surface area contributed by atoms with Crippen LogP contribution in [0.5, 0.6) is 0 Å². The highest BCUT2D eigenvalue weighted by atomic mass is 35.5. The molecule has 1 fully saturated rings. The van der Waals surface area contributed by atoms with Crippen LogP contribution in [0.2, 0.25) is 10.0 Å². The number of carbonyl (C=O) groups is 4. The molecule has 2 heterocycles. The zero-order valence-electron chi connectivity index (χ0n) is 26.5. The zero-order chi connectivity index (χ0) is 33.4. The molecule has 4 amide bonds.